The number of guanidine groups is 1. The Morgan fingerprint density at radius 2 is 1.82 bits per heavy atom. The van der Waals surface area contributed by atoms with Crippen LogP contribution in [0.3, 0.4) is 0 Å². The minimum atomic E-state index is -0.214. The van der Waals surface area contributed by atoms with E-state index < -0.39 is 0 Å². The van der Waals surface area contributed by atoms with Gasteiger partial charge in [-0.2, -0.15) is 0 Å². The second-order valence-electron chi connectivity index (χ2n) is 6.07. The smallest absolute Gasteiger partial charge is 0.191 e. The molecule has 28 heavy (non-hydrogen) atoms. The zero-order valence-corrected chi connectivity index (χ0v) is 18.7. The van der Waals surface area contributed by atoms with Gasteiger partial charge in [0.2, 0.25) is 0 Å². The lowest BCUT2D eigenvalue weighted by atomic mass is 10.1. The van der Waals surface area contributed by atoms with Gasteiger partial charge in [-0.15, -0.1) is 24.0 Å². The molecule has 0 unspecified atom stereocenters. The molecule has 0 saturated heterocycles. The molecule has 7 heteroatoms. The van der Waals surface area contributed by atoms with Crippen LogP contribution in [0.1, 0.15) is 17.5 Å². The van der Waals surface area contributed by atoms with E-state index in [1.807, 2.05) is 24.3 Å². The molecule has 0 fully saturated rings. The SMILES string of the molecule is CN=C(NCCc1ccc(F)cc1)NCc1cccc(OCCCOC)c1.I. The van der Waals surface area contributed by atoms with Crippen molar-refractivity contribution in [1.29, 1.82) is 0 Å². The van der Waals surface area contributed by atoms with Crippen molar-refractivity contribution in [2.45, 2.75) is 19.4 Å². The summed E-state index contributed by atoms with van der Waals surface area (Å²) in [7, 11) is 3.43. The number of ether oxygens (including phenoxy) is 2. The van der Waals surface area contributed by atoms with E-state index in [-0.39, 0.29) is 29.8 Å². The zero-order chi connectivity index (χ0) is 19.3. The highest BCUT2D eigenvalue weighted by Crippen LogP contribution is 2.13. The maximum absolute atomic E-state index is 12.9. The lowest BCUT2D eigenvalue weighted by Gasteiger charge is -2.13. The maximum atomic E-state index is 12.9. The van der Waals surface area contributed by atoms with Gasteiger partial charge in [-0.05, 0) is 41.8 Å². The Kier molecular flexibility index (Phi) is 12.2. The quantitative estimate of drug-likeness (QED) is 0.225. The summed E-state index contributed by atoms with van der Waals surface area (Å²) in [5, 5.41) is 6.55. The Hall–Kier alpha value is -1.87. The van der Waals surface area contributed by atoms with E-state index in [9.17, 15) is 4.39 Å². The lowest BCUT2D eigenvalue weighted by Crippen LogP contribution is -2.37. The van der Waals surface area contributed by atoms with Gasteiger partial charge in [0.1, 0.15) is 11.6 Å². The van der Waals surface area contributed by atoms with E-state index >= 15 is 0 Å². The van der Waals surface area contributed by atoms with Crippen LogP contribution < -0.4 is 15.4 Å². The van der Waals surface area contributed by atoms with Crippen molar-refractivity contribution in [3.8, 4) is 5.75 Å². The summed E-state index contributed by atoms with van der Waals surface area (Å²) in [4.78, 5) is 4.23. The van der Waals surface area contributed by atoms with Crippen LogP contribution in [-0.4, -0.2) is 39.9 Å². The number of hydrogen-bond acceptors (Lipinski definition) is 3. The van der Waals surface area contributed by atoms with Gasteiger partial charge in [-0.25, -0.2) is 4.39 Å². The van der Waals surface area contributed by atoms with Gasteiger partial charge in [0, 0.05) is 40.3 Å². The van der Waals surface area contributed by atoms with E-state index in [0.717, 1.165) is 35.7 Å². The maximum Gasteiger partial charge on any atom is 0.191 e. The number of hydrogen-bond donors (Lipinski definition) is 2. The number of rotatable bonds is 10. The molecule has 0 aromatic heterocycles. The fraction of sp³-hybridized carbons (Fsp3) is 0.381. The molecule has 0 heterocycles. The number of halogens is 2. The number of aliphatic imine (C=N–C) groups is 1. The Morgan fingerprint density at radius 1 is 1.04 bits per heavy atom. The van der Waals surface area contributed by atoms with Crippen molar-refractivity contribution in [2.24, 2.45) is 4.99 Å². The molecular formula is C21H29FIN3O2. The third-order valence-electron chi connectivity index (χ3n) is 3.96. The second kappa shape index (κ2) is 14.2. The predicted octanol–water partition coefficient (Wildman–Crippen LogP) is 3.77. The average molecular weight is 501 g/mol. The molecule has 0 aliphatic rings. The number of nitrogens with zero attached hydrogens (tertiary/aromatic N) is 1. The van der Waals surface area contributed by atoms with E-state index in [4.69, 9.17) is 9.47 Å². The van der Waals surface area contributed by atoms with Gasteiger partial charge in [-0.3, -0.25) is 4.99 Å². The summed E-state index contributed by atoms with van der Waals surface area (Å²) in [5.41, 5.74) is 2.19. The summed E-state index contributed by atoms with van der Waals surface area (Å²) in [6.07, 6.45) is 1.66. The first kappa shape index (κ1) is 24.2. The van der Waals surface area contributed by atoms with E-state index in [0.29, 0.717) is 26.3 Å². The molecule has 0 radical (unpaired) electrons. The first-order chi connectivity index (χ1) is 13.2. The molecule has 2 N–H and O–H groups in total. The number of nitrogens with one attached hydrogen (secondary N) is 2. The first-order valence-electron chi connectivity index (χ1n) is 9.11. The van der Waals surface area contributed by atoms with Crippen molar-refractivity contribution in [3.63, 3.8) is 0 Å². The highest BCUT2D eigenvalue weighted by atomic mass is 127. The first-order valence-corrected chi connectivity index (χ1v) is 9.11. The molecule has 5 nitrogen and oxygen atoms in total. The van der Waals surface area contributed by atoms with Crippen LogP contribution in [0.25, 0.3) is 0 Å². The summed E-state index contributed by atoms with van der Waals surface area (Å²) in [5.74, 6) is 1.36. The van der Waals surface area contributed by atoms with Gasteiger partial charge in [0.25, 0.3) is 0 Å². The third kappa shape index (κ3) is 9.36. The van der Waals surface area contributed by atoms with Gasteiger partial charge in [0.05, 0.1) is 6.61 Å². The van der Waals surface area contributed by atoms with Crippen LogP contribution in [0.2, 0.25) is 0 Å². The molecular weight excluding hydrogens is 472 g/mol. The van der Waals surface area contributed by atoms with E-state index in [2.05, 4.69) is 15.6 Å². The van der Waals surface area contributed by atoms with Crippen LogP contribution in [0.15, 0.2) is 53.5 Å². The van der Waals surface area contributed by atoms with Crippen LogP contribution in [-0.2, 0) is 17.7 Å². The third-order valence-corrected chi connectivity index (χ3v) is 3.96. The lowest BCUT2D eigenvalue weighted by molar-refractivity contribution is 0.172. The van der Waals surface area contributed by atoms with Crippen molar-refractivity contribution in [1.82, 2.24) is 10.6 Å². The highest BCUT2D eigenvalue weighted by Gasteiger charge is 2.01. The molecule has 0 aliphatic heterocycles. The van der Waals surface area contributed by atoms with Crippen LogP contribution in [0.5, 0.6) is 5.75 Å². The van der Waals surface area contributed by atoms with Gasteiger partial charge >= 0.3 is 0 Å². The molecule has 2 aromatic carbocycles. The molecule has 2 aromatic rings. The summed E-state index contributed by atoms with van der Waals surface area (Å²) in [6.45, 7) is 2.69. The molecule has 0 atom stereocenters. The van der Waals surface area contributed by atoms with Gasteiger partial charge in [-0.1, -0.05) is 24.3 Å². The van der Waals surface area contributed by atoms with Crippen molar-refractivity contribution >= 4 is 29.9 Å². The normalized spacial score (nSPS) is 10.9. The van der Waals surface area contributed by atoms with E-state index in [1.165, 1.54) is 12.1 Å². The van der Waals surface area contributed by atoms with Gasteiger partial charge in [0.15, 0.2) is 5.96 Å². The highest BCUT2D eigenvalue weighted by molar-refractivity contribution is 14.0. The second-order valence-corrected chi connectivity index (χ2v) is 6.07. The van der Waals surface area contributed by atoms with Crippen molar-refractivity contribution in [3.05, 3.63) is 65.5 Å². The number of benzene rings is 2. The van der Waals surface area contributed by atoms with Crippen LogP contribution in [0.4, 0.5) is 4.39 Å². The summed E-state index contributed by atoms with van der Waals surface area (Å²) < 4.78 is 23.7. The fourth-order valence-electron chi connectivity index (χ4n) is 2.52. The summed E-state index contributed by atoms with van der Waals surface area (Å²) in [6, 6.07) is 14.5. The number of methoxy groups -OCH3 is 1. The zero-order valence-electron chi connectivity index (χ0n) is 16.4. The van der Waals surface area contributed by atoms with Crippen LogP contribution in [0, 0.1) is 5.82 Å². The van der Waals surface area contributed by atoms with Crippen molar-refractivity contribution in [2.75, 3.05) is 33.9 Å². The van der Waals surface area contributed by atoms with Crippen molar-refractivity contribution < 1.29 is 13.9 Å². The average Bonchev–Trinajstić information content (AvgIpc) is 2.69. The molecule has 0 spiro atoms. The standard InChI is InChI=1S/C21H28FN3O2.HI/c1-23-21(24-12-11-17-7-9-19(22)10-8-17)25-16-18-5-3-6-20(15-18)27-14-4-13-26-2;/h3,5-10,15H,4,11-14,16H2,1-2H3,(H2,23,24,25);1H. The molecule has 0 amide bonds. The fourth-order valence-corrected chi connectivity index (χ4v) is 2.52. The predicted molar refractivity (Wildman–Crippen MR) is 122 cm³/mol. The molecule has 0 bridgehead atoms. The topological polar surface area (TPSA) is 54.9 Å². The van der Waals surface area contributed by atoms with Gasteiger partial charge < -0.3 is 20.1 Å². The Labute approximate surface area is 183 Å². The molecule has 2 rings (SSSR count). The monoisotopic (exact) mass is 501 g/mol. The Balaban J connectivity index is 0.00000392. The Bertz CT molecular complexity index is 711. The molecule has 0 saturated carbocycles. The minimum absolute atomic E-state index is 0. The minimum Gasteiger partial charge on any atom is -0.493 e. The van der Waals surface area contributed by atoms with Crippen LogP contribution >= 0.6 is 24.0 Å². The summed E-state index contributed by atoms with van der Waals surface area (Å²) >= 11 is 0. The Morgan fingerprint density at radius 3 is 2.54 bits per heavy atom. The molecule has 0 aliphatic carbocycles. The molecule has 154 valence electrons. The largest absolute Gasteiger partial charge is 0.493 e. The van der Waals surface area contributed by atoms with E-state index in [1.54, 1.807) is 26.3 Å².